The lowest BCUT2D eigenvalue weighted by Crippen LogP contribution is -2.14. The summed E-state index contributed by atoms with van der Waals surface area (Å²) in [7, 11) is 3.04. The number of ether oxygens (including phenoxy) is 5. The van der Waals surface area contributed by atoms with E-state index in [-0.39, 0.29) is 11.4 Å². The van der Waals surface area contributed by atoms with Gasteiger partial charge in [-0.2, -0.15) is 0 Å². The second-order valence-corrected chi connectivity index (χ2v) is 8.19. The van der Waals surface area contributed by atoms with E-state index in [1.165, 1.54) is 7.11 Å². The molecular formula is C24H34O6. The molecule has 2 rings (SSSR count). The molecule has 0 N–H and O–H groups in total. The van der Waals surface area contributed by atoms with Crippen molar-refractivity contribution in [3.63, 3.8) is 0 Å². The standard InChI is InChI=1S/C24H34O6/c1-17-13-20-19(21(14-17)23(25)27-6)15-18(24(2,3)4)16-22(20)30-12-11-29-10-9-28-8-7-26-5/h13-16H,7-12H2,1-6H3. The monoisotopic (exact) mass is 418 g/mol. The largest absolute Gasteiger partial charge is 0.491 e. The lowest BCUT2D eigenvalue weighted by atomic mass is 9.84. The van der Waals surface area contributed by atoms with Gasteiger partial charge in [0.25, 0.3) is 0 Å². The van der Waals surface area contributed by atoms with Crippen molar-refractivity contribution in [2.75, 3.05) is 53.9 Å². The van der Waals surface area contributed by atoms with Gasteiger partial charge in [0.1, 0.15) is 12.4 Å². The van der Waals surface area contributed by atoms with Gasteiger partial charge in [-0.25, -0.2) is 4.79 Å². The average Bonchev–Trinajstić information content (AvgIpc) is 2.70. The molecule has 0 aliphatic heterocycles. The van der Waals surface area contributed by atoms with Crippen LogP contribution in [0, 0.1) is 6.92 Å². The normalized spacial score (nSPS) is 11.7. The van der Waals surface area contributed by atoms with Gasteiger partial charge in [-0.1, -0.05) is 20.8 Å². The van der Waals surface area contributed by atoms with Crippen LogP contribution in [0.5, 0.6) is 5.75 Å². The number of fused-ring (bicyclic) bond motifs is 1. The summed E-state index contributed by atoms with van der Waals surface area (Å²) < 4.78 is 27.0. The maximum Gasteiger partial charge on any atom is 0.338 e. The zero-order valence-electron chi connectivity index (χ0n) is 19.0. The van der Waals surface area contributed by atoms with E-state index in [9.17, 15) is 4.79 Å². The van der Waals surface area contributed by atoms with Gasteiger partial charge in [0.2, 0.25) is 0 Å². The molecule has 6 nitrogen and oxygen atoms in total. The summed E-state index contributed by atoms with van der Waals surface area (Å²) in [6.07, 6.45) is 0. The Hall–Kier alpha value is -2.15. The first-order valence-electron chi connectivity index (χ1n) is 10.2. The quantitative estimate of drug-likeness (QED) is 0.401. The third-order valence-electron chi connectivity index (χ3n) is 4.74. The Balaban J connectivity index is 2.17. The molecule has 166 valence electrons. The molecule has 2 aromatic rings. The van der Waals surface area contributed by atoms with Crippen LogP contribution >= 0.6 is 0 Å². The molecule has 0 unspecified atom stereocenters. The van der Waals surface area contributed by atoms with Gasteiger partial charge in [0.05, 0.1) is 45.7 Å². The number of carbonyl (C=O) groups excluding carboxylic acids is 1. The Morgan fingerprint density at radius 1 is 0.833 bits per heavy atom. The summed E-state index contributed by atoms with van der Waals surface area (Å²) in [6, 6.07) is 8.00. The van der Waals surface area contributed by atoms with Crippen LogP contribution in [-0.2, 0) is 24.4 Å². The maximum atomic E-state index is 12.4. The van der Waals surface area contributed by atoms with E-state index in [2.05, 4.69) is 32.9 Å². The van der Waals surface area contributed by atoms with Gasteiger partial charge in [-0.15, -0.1) is 0 Å². The predicted octanol–water partition coefficient (Wildman–Crippen LogP) is 4.29. The lowest BCUT2D eigenvalue weighted by Gasteiger charge is -2.22. The number of methoxy groups -OCH3 is 2. The lowest BCUT2D eigenvalue weighted by molar-refractivity contribution is 0.0180. The SMILES string of the molecule is COCCOCCOCCOc1cc(C(C)(C)C)cc2c(C(=O)OC)cc(C)cc12. The molecule has 0 fully saturated rings. The van der Waals surface area contributed by atoms with Gasteiger partial charge in [0, 0.05) is 17.9 Å². The Kier molecular flexibility index (Phi) is 9.08. The molecule has 0 heterocycles. The summed E-state index contributed by atoms with van der Waals surface area (Å²) in [4.78, 5) is 12.4. The van der Waals surface area contributed by atoms with E-state index in [1.807, 2.05) is 19.1 Å². The Labute approximate surface area is 179 Å². The van der Waals surface area contributed by atoms with Gasteiger partial charge < -0.3 is 23.7 Å². The van der Waals surface area contributed by atoms with Gasteiger partial charge in [-0.3, -0.25) is 0 Å². The van der Waals surface area contributed by atoms with Gasteiger partial charge in [0.15, 0.2) is 0 Å². The number of benzene rings is 2. The molecule has 6 heteroatoms. The molecule has 0 bridgehead atoms. The molecule has 0 amide bonds. The first-order chi connectivity index (χ1) is 14.3. The van der Waals surface area contributed by atoms with E-state index in [1.54, 1.807) is 7.11 Å². The van der Waals surface area contributed by atoms with Crippen molar-refractivity contribution in [3.05, 3.63) is 41.0 Å². The zero-order chi connectivity index (χ0) is 22.1. The minimum Gasteiger partial charge on any atom is -0.491 e. The van der Waals surface area contributed by atoms with Crippen LogP contribution in [0.4, 0.5) is 0 Å². The number of esters is 1. The Morgan fingerprint density at radius 2 is 1.47 bits per heavy atom. The van der Waals surface area contributed by atoms with E-state index in [4.69, 9.17) is 23.7 Å². The highest BCUT2D eigenvalue weighted by Gasteiger charge is 2.20. The third kappa shape index (κ3) is 6.69. The van der Waals surface area contributed by atoms with Crippen molar-refractivity contribution in [3.8, 4) is 5.75 Å². The number of hydrogen-bond donors (Lipinski definition) is 0. The molecule has 2 aromatic carbocycles. The summed E-state index contributed by atoms with van der Waals surface area (Å²) in [5.74, 6) is 0.392. The number of carbonyl (C=O) groups is 1. The van der Waals surface area contributed by atoms with Crippen LogP contribution in [0.1, 0.15) is 42.3 Å². The van der Waals surface area contributed by atoms with Crippen molar-refractivity contribution in [2.45, 2.75) is 33.1 Å². The van der Waals surface area contributed by atoms with Crippen LogP contribution in [0.25, 0.3) is 10.8 Å². The minimum atomic E-state index is -0.350. The molecule has 0 radical (unpaired) electrons. The first kappa shape index (κ1) is 24.1. The van der Waals surface area contributed by atoms with Crippen LogP contribution in [-0.4, -0.2) is 59.8 Å². The number of hydrogen-bond acceptors (Lipinski definition) is 6. The van der Waals surface area contributed by atoms with Crippen molar-refractivity contribution >= 4 is 16.7 Å². The maximum absolute atomic E-state index is 12.4. The Morgan fingerprint density at radius 3 is 2.07 bits per heavy atom. The van der Waals surface area contributed by atoms with Crippen molar-refractivity contribution < 1.29 is 28.5 Å². The molecule has 0 saturated heterocycles. The summed E-state index contributed by atoms with van der Waals surface area (Å²) in [5.41, 5.74) is 2.51. The highest BCUT2D eigenvalue weighted by molar-refractivity contribution is 6.06. The van der Waals surface area contributed by atoms with E-state index in [0.29, 0.717) is 45.2 Å². The van der Waals surface area contributed by atoms with Crippen LogP contribution in [0.15, 0.2) is 24.3 Å². The number of aryl methyl sites for hydroxylation is 1. The molecule has 30 heavy (non-hydrogen) atoms. The number of rotatable bonds is 11. The smallest absolute Gasteiger partial charge is 0.338 e. The second kappa shape index (κ2) is 11.3. The second-order valence-electron chi connectivity index (χ2n) is 8.19. The van der Waals surface area contributed by atoms with Crippen molar-refractivity contribution in [1.82, 2.24) is 0 Å². The fourth-order valence-corrected chi connectivity index (χ4v) is 3.08. The molecule has 0 atom stereocenters. The molecule has 0 spiro atoms. The third-order valence-corrected chi connectivity index (χ3v) is 4.74. The topological polar surface area (TPSA) is 63.2 Å². The van der Waals surface area contributed by atoms with Gasteiger partial charge >= 0.3 is 5.97 Å². The Bertz CT molecular complexity index is 838. The first-order valence-corrected chi connectivity index (χ1v) is 10.2. The zero-order valence-corrected chi connectivity index (χ0v) is 19.0. The van der Waals surface area contributed by atoms with E-state index < -0.39 is 0 Å². The fraction of sp³-hybridized carbons (Fsp3) is 0.542. The molecular weight excluding hydrogens is 384 g/mol. The van der Waals surface area contributed by atoms with Crippen LogP contribution in [0.3, 0.4) is 0 Å². The summed E-state index contributed by atoms with van der Waals surface area (Å²) in [6.45, 7) is 11.4. The van der Waals surface area contributed by atoms with E-state index >= 15 is 0 Å². The highest BCUT2D eigenvalue weighted by atomic mass is 16.6. The molecule has 0 aromatic heterocycles. The molecule has 0 aliphatic carbocycles. The molecule has 0 saturated carbocycles. The van der Waals surface area contributed by atoms with Crippen molar-refractivity contribution in [1.29, 1.82) is 0 Å². The fourth-order valence-electron chi connectivity index (χ4n) is 3.08. The minimum absolute atomic E-state index is 0.0966. The van der Waals surface area contributed by atoms with Crippen LogP contribution in [0.2, 0.25) is 0 Å². The van der Waals surface area contributed by atoms with Gasteiger partial charge in [-0.05, 0) is 47.7 Å². The predicted molar refractivity (Wildman–Crippen MR) is 118 cm³/mol. The van der Waals surface area contributed by atoms with E-state index in [0.717, 1.165) is 27.6 Å². The summed E-state index contributed by atoms with van der Waals surface area (Å²) >= 11 is 0. The van der Waals surface area contributed by atoms with Crippen molar-refractivity contribution in [2.24, 2.45) is 0 Å². The molecule has 0 aliphatic rings. The van der Waals surface area contributed by atoms with Crippen LogP contribution < -0.4 is 4.74 Å². The highest BCUT2D eigenvalue weighted by Crippen LogP contribution is 2.36. The average molecular weight is 419 g/mol. The summed E-state index contributed by atoms with van der Waals surface area (Å²) in [5, 5.41) is 1.73.